The number of hydrogen-bond acceptors (Lipinski definition) is 3. The van der Waals surface area contributed by atoms with Crippen molar-refractivity contribution in [2.45, 2.75) is 52.2 Å². The zero-order valence-corrected chi connectivity index (χ0v) is 18.3. The number of benzene rings is 2. The van der Waals surface area contributed by atoms with Crippen LogP contribution in [0.3, 0.4) is 0 Å². The molecule has 0 aliphatic carbocycles. The molecule has 7 heteroatoms. The van der Waals surface area contributed by atoms with Gasteiger partial charge in [0.15, 0.2) is 6.61 Å². The minimum absolute atomic E-state index is 0.00583. The van der Waals surface area contributed by atoms with Crippen molar-refractivity contribution < 1.29 is 18.7 Å². The Morgan fingerprint density at radius 3 is 2.37 bits per heavy atom. The van der Waals surface area contributed by atoms with Crippen LogP contribution in [0.1, 0.15) is 39.2 Å². The van der Waals surface area contributed by atoms with Gasteiger partial charge in [-0.3, -0.25) is 9.59 Å². The second kappa shape index (κ2) is 11.6. The molecule has 2 atom stereocenters. The van der Waals surface area contributed by atoms with E-state index in [0.717, 1.165) is 12.0 Å². The first-order chi connectivity index (χ1) is 14.3. The smallest absolute Gasteiger partial charge is 0.261 e. The molecule has 2 rings (SSSR count). The first-order valence-electron chi connectivity index (χ1n) is 10.1. The van der Waals surface area contributed by atoms with Crippen LogP contribution in [0.2, 0.25) is 5.02 Å². The van der Waals surface area contributed by atoms with Crippen molar-refractivity contribution in [1.29, 1.82) is 0 Å². The van der Waals surface area contributed by atoms with E-state index in [1.54, 1.807) is 36.4 Å². The monoisotopic (exact) mass is 434 g/mol. The van der Waals surface area contributed by atoms with Crippen molar-refractivity contribution in [3.63, 3.8) is 0 Å². The Balaban J connectivity index is 2.21. The average Bonchev–Trinajstić information content (AvgIpc) is 2.74. The fourth-order valence-electron chi connectivity index (χ4n) is 2.93. The number of hydrogen-bond donors (Lipinski definition) is 1. The molecule has 2 aromatic rings. The zero-order valence-electron chi connectivity index (χ0n) is 17.5. The Labute approximate surface area is 182 Å². The number of carbonyl (C=O) groups is 2. The third-order valence-electron chi connectivity index (χ3n) is 4.84. The van der Waals surface area contributed by atoms with Crippen LogP contribution in [0.4, 0.5) is 4.39 Å². The molecule has 0 aliphatic heterocycles. The van der Waals surface area contributed by atoms with E-state index in [1.165, 1.54) is 17.0 Å². The van der Waals surface area contributed by atoms with E-state index in [1.807, 2.05) is 20.8 Å². The van der Waals surface area contributed by atoms with Crippen molar-refractivity contribution in [3.05, 3.63) is 64.9 Å². The first kappa shape index (κ1) is 23.7. The van der Waals surface area contributed by atoms with Crippen LogP contribution in [-0.4, -0.2) is 35.4 Å². The topological polar surface area (TPSA) is 58.6 Å². The SMILES string of the molecule is CCC(C)NC(=O)C(CC)N(Cc1ccc(F)cc1)C(=O)COc1ccccc1Cl. The molecule has 162 valence electrons. The molecule has 0 saturated heterocycles. The third-order valence-corrected chi connectivity index (χ3v) is 5.15. The molecule has 0 bridgehead atoms. The summed E-state index contributed by atoms with van der Waals surface area (Å²) in [5.74, 6) is -0.544. The molecule has 30 heavy (non-hydrogen) atoms. The van der Waals surface area contributed by atoms with Gasteiger partial charge in [0.2, 0.25) is 5.91 Å². The van der Waals surface area contributed by atoms with Crippen LogP contribution >= 0.6 is 11.6 Å². The average molecular weight is 435 g/mol. The van der Waals surface area contributed by atoms with Crippen LogP contribution < -0.4 is 10.1 Å². The summed E-state index contributed by atoms with van der Waals surface area (Å²) in [6, 6.07) is 12.1. The molecule has 2 aromatic carbocycles. The molecule has 2 amide bonds. The highest BCUT2D eigenvalue weighted by Crippen LogP contribution is 2.23. The second-order valence-corrected chi connectivity index (χ2v) is 7.52. The van der Waals surface area contributed by atoms with E-state index in [0.29, 0.717) is 17.2 Å². The van der Waals surface area contributed by atoms with E-state index in [-0.39, 0.29) is 36.8 Å². The Morgan fingerprint density at radius 2 is 1.77 bits per heavy atom. The van der Waals surface area contributed by atoms with E-state index in [2.05, 4.69) is 5.32 Å². The van der Waals surface area contributed by atoms with Crippen molar-refractivity contribution >= 4 is 23.4 Å². The van der Waals surface area contributed by atoms with Crippen LogP contribution in [0.15, 0.2) is 48.5 Å². The fourth-order valence-corrected chi connectivity index (χ4v) is 3.12. The van der Waals surface area contributed by atoms with Crippen LogP contribution in [-0.2, 0) is 16.1 Å². The van der Waals surface area contributed by atoms with Crippen LogP contribution in [0.5, 0.6) is 5.75 Å². The minimum Gasteiger partial charge on any atom is -0.482 e. The van der Waals surface area contributed by atoms with Crippen molar-refractivity contribution in [3.8, 4) is 5.75 Å². The zero-order chi connectivity index (χ0) is 22.1. The maximum absolute atomic E-state index is 13.3. The standard InChI is InChI=1S/C23H28ClFN2O3/c1-4-16(3)26-23(29)20(5-2)27(14-17-10-12-18(25)13-11-17)22(28)15-30-21-9-7-6-8-19(21)24/h6-13,16,20H,4-5,14-15H2,1-3H3,(H,26,29). The lowest BCUT2D eigenvalue weighted by molar-refractivity contribution is -0.143. The normalized spacial score (nSPS) is 12.7. The molecule has 0 fully saturated rings. The van der Waals surface area contributed by atoms with Gasteiger partial charge in [-0.25, -0.2) is 4.39 Å². The lowest BCUT2D eigenvalue weighted by Crippen LogP contribution is -2.51. The van der Waals surface area contributed by atoms with Gasteiger partial charge in [0, 0.05) is 12.6 Å². The summed E-state index contributed by atoms with van der Waals surface area (Å²) in [7, 11) is 0. The number of rotatable bonds is 10. The highest BCUT2D eigenvalue weighted by Gasteiger charge is 2.29. The third kappa shape index (κ3) is 6.73. The van der Waals surface area contributed by atoms with Crippen LogP contribution in [0.25, 0.3) is 0 Å². The summed E-state index contributed by atoms with van der Waals surface area (Å²) in [4.78, 5) is 27.4. The molecule has 2 unspecified atom stereocenters. The molecule has 0 radical (unpaired) electrons. The predicted octanol–water partition coefficient (Wildman–Crippen LogP) is 4.58. The predicted molar refractivity (Wildman–Crippen MR) is 116 cm³/mol. The minimum atomic E-state index is -0.675. The van der Waals surface area contributed by atoms with Crippen LogP contribution in [0, 0.1) is 5.82 Å². The summed E-state index contributed by atoms with van der Waals surface area (Å²) in [5.41, 5.74) is 0.720. The summed E-state index contributed by atoms with van der Waals surface area (Å²) in [6.07, 6.45) is 1.21. The van der Waals surface area contributed by atoms with Gasteiger partial charge in [-0.05, 0) is 49.6 Å². The Bertz CT molecular complexity index is 845. The molecular weight excluding hydrogens is 407 g/mol. The Hall–Kier alpha value is -2.60. The molecular formula is C23H28ClFN2O3. The van der Waals surface area contributed by atoms with Crippen molar-refractivity contribution in [2.24, 2.45) is 0 Å². The maximum Gasteiger partial charge on any atom is 0.261 e. The summed E-state index contributed by atoms with van der Waals surface area (Å²) in [6.45, 7) is 5.64. The molecule has 0 aromatic heterocycles. The highest BCUT2D eigenvalue weighted by atomic mass is 35.5. The summed E-state index contributed by atoms with van der Waals surface area (Å²) in [5, 5.41) is 3.34. The van der Waals surface area contributed by atoms with Gasteiger partial charge >= 0.3 is 0 Å². The van der Waals surface area contributed by atoms with Crippen molar-refractivity contribution in [1.82, 2.24) is 10.2 Å². The van der Waals surface area contributed by atoms with Gasteiger partial charge in [-0.2, -0.15) is 0 Å². The van der Waals surface area contributed by atoms with Gasteiger partial charge in [-0.15, -0.1) is 0 Å². The number of carbonyl (C=O) groups excluding carboxylic acids is 2. The quantitative estimate of drug-likeness (QED) is 0.595. The Kier molecular flexibility index (Phi) is 9.12. The molecule has 1 N–H and O–H groups in total. The van der Waals surface area contributed by atoms with Gasteiger partial charge in [0.1, 0.15) is 17.6 Å². The maximum atomic E-state index is 13.3. The fraction of sp³-hybridized carbons (Fsp3) is 0.391. The molecule has 0 saturated carbocycles. The summed E-state index contributed by atoms with van der Waals surface area (Å²) < 4.78 is 18.9. The van der Waals surface area contributed by atoms with Gasteiger partial charge < -0.3 is 15.0 Å². The number of halogens is 2. The number of nitrogens with one attached hydrogen (secondary N) is 1. The van der Waals surface area contributed by atoms with E-state index in [9.17, 15) is 14.0 Å². The molecule has 0 spiro atoms. The summed E-state index contributed by atoms with van der Waals surface area (Å²) >= 11 is 6.10. The highest BCUT2D eigenvalue weighted by molar-refractivity contribution is 6.32. The molecule has 0 heterocycles. The lowest BCUT2D eigenvalue weighted by atomic mass is 10.1. The number of amides is 2. The van der Waals surface area contributed by atoms with Gasteiger partial charge in [0.25, 0.3) is 5.91 Å². The van der Waals surface area contributed by atoms with Crippen molar-refractivity contribution in [2.75, 3.05) is 6.61 Å². The lowest BCUT2D eigenvalue weighted by Gasteiger charge is -2.31. The van der Waals surface area contributed by atoms with Gasteiger partial charge in [-0.1, -0.05) is 49.7 Å². The first-order valence-corrected chi connectivity index (χ1v) is 10.4. The van der Waals surface area contributed by atoms with E-state index < -0.39 is 6.04 Å². The largest absolute Gasteiger partial charge is 0.482 e. The number of ether oxygens (including phenoxy) is 1. The second-order valence-electron chi connectivity index (χ2n) is 7.11. The van der Waals surface area contributed by atoms with E-state index >= 15 is 0 Å². The molecule has 0 aliphatic rings. The number of nitrogens with zero attached hydrogens (tertiary/aromatic N) is 1. The Morgan fingerprint density at radius 1 is 1.10 bits per heavy atom. The van der Waals surface area contributed by atoms with E-state index in [4.69, 9.17) is 16.3 Å². The molecule has 5 nitrogen and oxygen atoms in total. The van der Waals surface area contributed by atoms with Gasteiger partial charge in [0.05, 0.1) is 5.02 Å². The number of para-hydroxylation sites is 1.